The standard InChI is InChI=1S/C11H16N4S2/c1-7(2)15-5-4-9(14-15)6-16-10-8(3)13-11(12)17-10/h4-5,7H,6H2,1-3H3,(H2,12,13). The Hall–Kier alpha value is -1.01. The first-order chi connectivity index (χ1) is 8.06. The molecule has 0 saturated heterocycles. The van der Waals surface area contributed by atoms with Crippen LogP contribution in [-0.4, -0.2) is 14.8 Å². The van der Waals surface area contributed by atoms with Gasteiger partial charge in [0.05, 0.1) is 15.6 Å². The second kappa shape index (κ2) is 5.10. The second-order valence-electron chi connectivity index (χ2n) is 4.09. The summed E-state index contributed by atoms with van der Waals surface area (Å²) in [5.41, 5.74) is 7.77. The highest BCUT2D eigenvalue weighted by Crippen LogP contribution is 2.32. The van der Waals surface area contributed by atoms with Gasteiger partial charge in [0.25, 0.3) is 0 Å². The highest BCUT2D eigenvalue weighted by Gasteiger charge is 2.08. The van der Waals surface area contributed by atoms with E-state index >= 15 is 0 Å². The van der Waals surface area contributed by atoms with E-state index in [1.54, 1.807) is 23.1 Å². The number of thiazole rings is 1. The Balaban J connectivity index is 2.00. The number of aryl methyl sites for hydroxylation is 1. The van der Waals surface area contributed by atoms with Crippen molar-refractivity contribution in [3.8, 4) is 0 Å². The number of nitrogens with two attached hydrogens (primary N) is 1. The van der Waals surface area contributed by atoms with Crippen molar-refractivity contribution in [2.24, 2.45) is 0 Å². The van der Waals surface area contributed by atoms with Crippen molar-refractivity contribution in [1.29, 1.82) is 0 Å². The molecule has 4 nitrogen and oxygen atoms in total. The van der Waals surface area contributed by atoms with Gasteiger partial charge in [-0.15, -0.1) is 11.8 Å². The van der Waals surface area contributed by atoms with Crippen molar-refractivity contribution in [3.05, 3.63) is 23.7 Å². The summed E-state index contributed by atoms with van der Waals surface area (Å²) >= 11 is 3.29. The quantitative estimate of drug-likeness (QED) is 0.866. The van der Waals surface area contributed by atoms with Crippen LogP contribution in [0, 0.1) is 6.92 Å². The zero-order valence-corrected chi connectivity index (χ0v) is 11.8. The molecule has 0 radical (unpaired) electrons. The summed E-state index contributed by atoms with van der Waals surface area (Å²) in [6, 6.07) is 2.47. The molecule has 2 rings (SSSR count). The highest BCUT2D eigenvalue weighted by molar-refractivity contribution is 8.00. The lowest BCUT2D eigenvalue weighted by Crippen LogP contribution is -2.01. The average molecular weight is 268 g/mol. The van der Waals surface area contributed by atoms with Gasteiger partial charge in [0, 0.05) is 18.0 Å². The smallest absolute Gasteiger partial charge is 0.181 e. The summed E-state index contributed by atoms with van der Waals surface area (Å²) < 4.78 is 3.16. The first-order valence-corrected chi connectivity index (χ1v) is 7.26. The van der Waals surface area contributed by atoms with Crippen molar-refractivity contribution >= 4 is 28.2 Å². The van der Waals surface area contributed by atoms with E-state index in [1.807, 2.05) is 17.8 Å². The van der Waals surface area contributed by atoms with Gasteiger partial charge in [0.15, 0.2) is 5.13 Å². The van der Waals surface area contributed by atoms with E-state index in [9.17, 15) is 0 Å². The van der Waals surface area contributed by atoms with Gasteiger partial charge in [-0.25, -0.2) is 4.98 Å². The highest BCUT2D eigenvalue weighted by atomic mass is 32.2. The first kappa shape index (κ1) is 12.4. The number of hydrogen-bond donors (Lipinski definition) is 1. The van der Waals surface area contributed by atoms with Crippen molar-refractivity contribution in [1.82, 2.24) is 14.8 Å². The zero-order valence-electron chi connectivity index (χ0n) is 10.2. The summed E-state index contributed by atoms with van der Waals surface area (Å²) in [4.78, 5) is 4.21. The molecule has 0 amide bonds. The monoisotopic (exact) mass is 268 g/mol. The summed E-state index contributed by atoms with van der Waals surface area (Å²) in [6.45, 7) is 6.23. The van der Waals surface area contributed by atoms with Crippen LogP contribution in [0.5, 0.6) is 0 Å². The number of nitrogen functional groups attached to an aromatic ring is 1. The fourth-order valence-electron chi connectivity index (χ4n) is 1.42. The minimum absolute atomic E-state index is 0.412. The average Bonchev–Trinajstić information content (AvgIpc) is 2.82. The maximum Gasteiger partial charge on any atom is 0.181 e. The van der Waals surface area contributed by atoms with Crippen LogP contribution in [0.25, 0.3) is 0 Å². The molecule has 0 aliphatic heterocycles. The molecule has 2 N–H and O–H groups in total. The molecule has 6 heteroatoms. The first-order valence-electron chi connectivity index (χ1n) is 5.46. The molecular formula is C11H16N4S2. The second-order valence-corrected chi connectivity index (χ2v) is 6.37. The van der Waals surface area contributed by atoms with Crippen LogP contribution >= 0.6 is 23.1 Å². The van der Waals surface area contributed by atoms with Gasteiger partial charge in [-0.2, -0.15) is 5.10 Å². The molecule has 0 aromatic carbocycles. The SMILES string of the molecule is Cc1nc(N)sc1SCc1ccn(C(C)C)n1. The van der Waals surface area contributed by atoms with E-state index in [0.717, 1.165) is 17.1 Å². The molecule has 0 aliphatic carbocycles. The minimum atomic E-state index is 0.412. The molecular weight excluding hydrogens is 252 g/mol. The van der Waals surface area contributed by atoms with Crippen molar-refractivity contribution in [2.45, 2.75) is 36.8 Å². The summed E-state index contributed by atoms with van der Waals surface area (Å²) in [7, 11) is 0. The largest absolute Gasteiger partial charge is 0.375 e. The minimum Gasteiger partial charge on any atom is -0.375 e. The van der Waals surface area contributed by atoms with Crippen LogP contribution < -0.4 is 5.73 Å². The molecule has 0 fully saturated rings. The third-order valence-electron chi connectivity index (χ3n) is 2.31. The molecule has 0 aliphatic rings. The Bertz CT molecular complexity index is 501. The van der Waals surface area contributed by atoms with Gasteiger partial charge in [0.2, 0.25) is 0 Å². The van der Waals surface area contributed by atoms with Crippen molar-refractivity contribution in [3.63, 3.8) is 0 Å². The van der Waals surface area contributed by atoms with E-state index in [2.05, 4.69) is 30.0 Å². The lowest BCUT2D eigenvalue weighted by molar-refractivity contribution is 0.529. The van der Waals surface area contributed by atoms with Crippen LogP contribution in [0.3, 0.4) is 0 Å². The predicted molar refractivity (Wildman–Crippen MR) is 73.4 cm³/mol. The van der Waals surface area contributed by atoms with E-state index in [0.29, 0.717) is 11.2 Å². The van der Waals surface area contributed by atoms with Crippen molar-refractivity contribution in [2.75, 3.05) is 5.73 Å². The van der Waals surface area contributed by atoms with Gasteiger partial charge in [-0.3, -0.25) is 4.68 Å². The van der Waals surface area contributed by atoms with Gasteiger partial charge in [-0.1, -0.05) is 11.3 Å². The van der Waals surface area contributed by atoms with Crippen LogP contribution in [0.2, 0.25) is 0 Å². The van der Waals surface area contributed by atoms with Gasteiger partial charge in [-0.05, 0) is 26.8 Å². The van der Waals surface area contributed by atoms with E-state index in [1.165, 1.54) is 4.21 Å². The number of thioether (sulfide) groups is 1. The zero-order chi connectivity index (χ0) is 12.4. The topological polar surface area (TPSA) is 56.7 Å². The Labute approximate surface area is 109 Å². The number of anilines is 1. The van der Waals surface area contributed by atoms with E-state index in [4.69, 9.17) is 5.73 Å². The molecule has 17 heavy (non-hydrogen) atoms. The maximum atomic E-state index is 5.67. The maximum absolute atomic E-state index is 5.67. The molecule has 0 bridgehead atoms. The summed E-state index contributed by atoms with van der Waals surface area (Å²) in [5.74, 6) is 0.863. The van der Waals surface area contributed by atoms with Crippen LogP contribution in [-0.2, 0) is 5.75 Å². The molecule has 0 saturated carbocycles. The summed E-state index contributed by atoms with van der Waals surface area (Å²) in [5, 5.41) is 5.15. The molecule has 92 valence electrons. The van der Waals surface area contributed by atoms with Crippen LogP contribution in [0.1, 0.15) is 31.3 Å². The van der Waals surface area contributed by atoms with Crippen LogP contribution in [0.15, 0.2) is 16.5 Å². The Morgan fingerprint density at radius 1 is 1.53 bits per heavy atom. The van der Waals surface area contributed by atoms with Gasteiger partial charge >= 0.3 is 0 Å². The van der Waals surface area contributed by atoms with Crippen molar-refractivity contribution < 1.29 is 0 Å². The third-order valence-corrected chi connectivity index (χ3v) is 4.70. The van der Waals surface area contributed by atoms with E-state index < -0.39 is 0 Å². The molecule has 0 atom stereocenters. The van der Waals surface area contributed by atoms with E-state index in [-0.39, 0.29) is 0 Å². The van der Waals surface area contributed by atoms with Gasteiger partial charge < -0.3 is 5.73 Å². The molecule has 0 unspecified atom stereocenters. The molecule has 2 aromatic heterocycles. The number of nitrogens with zero attached hydrogens (tertiary/aromatic N) is 3. The normalized spacial score (nSPS) is 11.3. The Morgan fingerprint density at radius 3 is 2.82 bits per heavy atom. The molecule has 0 spiro atoms. The number of rotatable bonds is 4. The van der Waals surface area contributed by atoms with Crippen LogP contribution in [0.4, 0.5) is 5.13 Å². The fraction of sp³-hybridized carbons (Fsp3) is 0.455. The predicted octanol–water partition coefficient (Wildman–Crippen LogP) is 3.10. The molecule has 2 aromatic rings. The number of aromatic nitrogens is 3. The summed E-state index contributed by atoms with van der Waals surface area (Å²) in [6.07, 6.45) is 2.02. The Kier molecular flexibility index (Phi) is 3.73. The van der Waals surface area contributed by atoms with Gasteiger partial charge in [0.1, 0.15) is 0 Å². The lowest BCUT2D eigenvalue weighted by Gasteiger charge is -2.03. The Morgan fingerprint density at radius 2 is 2.29 bits per heavy atom. The fourth-order valence-corrected chi connectivity index (χ4v) is 3.34. The third kappa shape index (κ3) is 3.01. The molecule has 2 heterocycles. The number of hydrogen-bond acceptors (Lipinski definition) is 5. The lowest BCUT2D eigenvalue weighted by atomic mass is 10.4.